The molecule has 2 saturated heterocycles. The van der Waals surface area contributed by atoms with Gasteiger partial charge in [-0.25, -0.2) is 4.98 Å². The van der Waals surface area contributed by atoms with E-state index in [2.05, 4.69) is 11.1 Å². The van der Waals surface area contributed by atoms with Crippen molar-refractivity contribution in [3.8, 4) is 11.9 Å². The molecule has 2 fully saturated rings. The van der Waals surface area contributed by atoms with E-state index in [1.807, 2.05) is 27.7 Å². The van der Waals surface area contributed by atoms with E-state index in [9.17, 15) is 5.26 Å². The van der Waals surface area contributed by atoms with Gasteiger partial charge < -0.3 is 18.8 Å². The Kier molecular flexibility index (Phi) is 4.56. The number of rotatable bonds is 4. The maximum Gasteiger partial charge on any atom is 0.496 e. The third-order valence-corrected chi connectivity index (χ3v) is 5.00. The maximum atomic E-state index is 9.41. The van der Waals surface area contributed by atoms with Crippen LogP contribution in [0.4, 0.5) is 0 Å². The molecule has 2 aliphatic rings. The summed E-state index contributed by atoms with van der Waals surface area (Å²) in [6.45, 7) is 9.96. The second-order valence-corrected chi connectivity index (χ2v) is 7.36. The summed E-state index contributed by atoms with van der Waals surface area (Å²) in [6, 6.07) is 3.88. The molecule has 0 aromatic carbocycles. The lowest BCUT2D eigenvalue weighted by atomic mass is 9.80. The van der Waals surface area contributed by atoms with E-state index in [0.717, 1.165) is 18.5 Å². The molecule has 0 aliphatic carbocycles. The van der Waals surface area contributed by atoms with Crippen LogP contribution in [-0.2, 0) is 14.0 Å². The molecule has 128 valence electrons. The summed E-state index contributed by atoms with van der Waals surface area (Å²) in [5, 5.41) is 9.41. The molecule has 0 N–H and O–H groups in total. The van der Waals surface area contributed by atoms with Gasteiger partial charge in [-0.3, -0.25) is 0 Å². The largest absolute Gasteiger partial charge is 0.496 e. The van der Waals surface area contributed by atoms with Gasteiger partial charge in [0.15, 0.2) is 0 Å². The van der Waals surface area contributed by atoms with E-state index < -0.39 is 18.3 Å². The summed E-state index contributed by atoms with van der Waals surface area (Å²) in [4.78, 5) is 4.31. The van der Waals surface area contributed by atoms with Gasteiger partial charge >= 0.3 is 7.12 Å². The van der Waals surface area contributed by atoms with Crippen molar-refractivity contribution in [2.45, 2.75) is 45.3 Å². The quantitative estimate of drug-likeness (QED) is 0.782. The second-order valence-electron chi connectivity index (χ2n) is 7.36. The van der Waals surface area contributed by atoms with Gasteiger partial charge in [-0.05, 0) is 40.2 Å². The topological polar surface area (TPSA) is 73.6 Å². The summed E-state index contributed by atoms with van der Waals surface area (Å²) >= 11 is 0. The molecule has 1 aromatic rings. The number of ether oxygens (including phenoxy) is 2. The van der Waals surface area contributed by atoms with Crippen LogP contribution in [0.3, 0.4) is 0 Å². The van der Waals surface area contributed by atoms with Gasteiger partial charge in [0, 0.05) is 24.2 Å². The predicted molar refractivity (Wildman–Crippen MR) is 89.1 cm³/mol. The fraction of sp³-hybridized carbons (Fsp3) is 0.647. The number of hydrogen-bond donors (Lipinski definition) is 0. The van der Waals surface area contributed by atoms with E-state index in [1.54, 1.807) is 12.3 Å². The molecule has 0 spiro atoms. The molecule has 3 rings (SSSR count). The van der Waals surface area contributed by atoms with Gasteiger partial charge in [-0.2, -0.15) is 5.26 Å². The molecule has 7 heteroatoms. The minimum absolute atomic E-state index is 0.352. The summed E-state index contributed by atoms with van der Waals surface area (Å²) < 4.78 is 23.0. The molecule has 1 atom stereocenters. The molecule has 0 radical (unpaired) electrons. The van der Waals surface area contributed by atoms with Gasteiger partial charge in [0.25, 0.3) is 0 Å². The number of aromatic nitrogens is 1. The molecule has 24 heavy (non-hydrogen) atoms. The van der Waals surface area contributed by atoms with Crippen molar-refractivity contribution in [2.75, 3.05) is 19.8 Å². The van der Waals surface area contributed by atoms with Crippen molar-refractivity contribution < 1.29 is 18.8 Å². The smallest absolute Gasteiger partial charge is 0.476 e. The highest BCUT2D eigenvalue weighted by Gasteiger charge is 2.51. The zero-order valence-corrected chi connectivity index (χ0v) is 14.7. The van der Waals surface area contributed by atoms with Crippen molar-refractivity contribution in [1.82, 2.24) is 4.98 Å². The molecule has 1 aromatic heterocycles. The highest BCUT2D eigenvalue weighted by molar-refractivity contribution is 6.62. The summed E-state index contributed by atoms with van der Waals surface area (Å²) in [5.41, 5.74) is 0.257. The van der Waals surface area contributed by atoms with Crippen molar-refractivity contribution in [1.29, 1.82) is 5.26 Å². The molecule has 0 unspecified atom stereocenters. The second kappa shape index (κ2) is 6.36. The summed E-state index contributed by atoms with van der Waals surface area (Å²) in [5.74, 6) is 0.714. The van der Waals surface area contributed by atoms with E-state index in [4.69, 9.17) is 18.8 Å². The zero-order valence-electron chi connectivity index (χ0n) is 14.7. The van der Waals surface area contributed by atoms with Crippen LogP contribution in [0.5, 0.6) is 5.88 Å². The number of nitrogens with zero attached hydrogens (tertiary/aromatic N) is 2. The van der Waals surface area contributed by atoms with Gasteiger partial charge in [0.1, 0.15) is 11.6 Å². The Morgan fingerprint density at radius 1 is 1.33 bits per heavy atom. The Bertz CT molecular complexity index is 634. The molecular formula is C17H23BN2O4. The van der Waals surface area contributed by atoms with Gasteiger partial charge in [0.05, 0.1) is 24.4 Å². The van der Waals surface area contributed by atoms with Crippen molar-refractivity contribution in [3.63, 3.8) is 0 Å². The minimum Gasteiger partial charge on any atom is -0.476 e. The molecule has 0 bridgehead atoms. The Morgan fingerprint density at radius 2 is 2.04 bits per heavy atom. The van der Waals surface area contributed by atoms with Crippen LogP contribution in [-0.4, -0.2) is 43.1 Å². The molecular weight excluding hydrogens is 307 g/mol. The Labute approximate surface area is 143 Å². The lowest BCUT2D eigenvalue weighted by molar-refractivity contribution is 0.00578. The Balaban J connectivity index is 1.74. The van der Waals surface area contributed by atoms with Crippen molar-refractivity contribution in [2.24, 2.45) is 5.92 Å². The van der Waals surface area contributed by atoms with Gasteiger partial charge in [-0.15, -0.1) is 0 Å². The Morgan fingerprint density at radius 3 is 2.62 bits per heavy atom. The van der Waals surface area contributed by atoms with Gasteiger partial charge in [-0.1, -0.05) is 0 Å². The average molecular weight is 330 g/mol. The highest BCUT2D eigenvalue weighted by Crippen LogP contribution is 2.36. The number of pyridine rings is 1. The lowest BCUT2D eigenvalue weighted by Gasteiger charge is -2.32. The SMILES string of the molecule is CC1(C)OB(c2cnc(OC[C@@H]3CCOC3)c(C#N)c2)OC1(C)C. The summed E-state index contributed by atoms with van der Waals surface area (Å²) in [6.07, 6.45) is 2.64. The van der Waals surface area contributed by atoms with E-state index in [0.29, 0.717) is 30.6 Å². The minimum atomic E-state index is -0.535. The molecule has 0 saturated carbocycles. The average Bonchev–Trinajstić information content (AvgIpc) is 3.11. The first kappa shape index (κ1) is 17.2. The Hall–Kier alpha value is -1.62. The fourth-order valence-electron chi connectivity index (χ4n) is 2.68. The van der Waals surface area contributed by atoms with E-state index >= 15 is 0 Å². The van der Waals surface area contributed by atoms with Crippen LogP contribution in [0, 0.1) is 17.2 Å². The lowest BCUT2D eigenvalue weighted by Crippen LogP contribution is -2.41. The maximum absolute atomic E-state index is 9.41. The van der Waals surface area contributed by atoms with Crippen LogP contribution in [0.25, 0.3) is 0 Å². The summed E-state index contributed by atoms with van der Waals surface area (Å²) in [7, 11) is -0.535. The van der Waals surface area contributed by atoms with Crippen molar-refractivity contribution >= 4 is 12.6 Å². The number of nitriles is 1. The fourth-order valence-corrected chi connectivity index (χ4v) is 2.68. The first-order valence-corrected chi connectivity index (χ1v) is 8.28. The van der Waals surface area contributed by atoms with Crippen LogP contribution >= 0.6 is 0 Å². The van der Waals surface area contributed by atoms with Crippen LogP contribution in [0.15, 0.2) is 12.3 Å². The van der Waals surface area contributed by atoms with Crippen molar-refractivity contribution in [3.05, 3.63) is 17.8 Å². The molecule has 3 heterocycles. The third-order valence-electron chi connectivity index (χ3n) is 5.00. The first-order valence-electron chi connectivity index (χ1n) is 8.28. The predicted octanol–water partition coefficient (Wildman–Crippen LogP) is 1.67. The van der Waals surface area contributed by atoms with Crippen LogP contribution in [0.2, 0.25) is 0 Å². The zero-order chi connectivity index (χ0) is 17.4. The first-order chi connectivity index (χ1) is 11.3. The van der Waals surface area contributed by atoms with E-state index in [1.165, 1.54) is 0 Å². The number of hydrogen-bond acceptors (Lipinski definition) is 6. The van der Waals surface area contributed by atoms with Gasteiger partial charge in [0.2, 0.25) is 5.88 Å². The standard InChI is InChI=1S/C17H23BN2O4/c1-16(2)17(3,4)24-18(23-16)14-7-13(8-19)15(20-9-14)22-11-12-5-6-21-10-12/h7,9,12H,5-6,10-11H2,1-4H3/t12-/m1/s1. The van der Waals surface area contributed by atoms with Crippen LogP contribution < -0.4 is 10.2 Å². The molecule has 0 amide bonds. The monoisotopic (exact) mass is 330 g/mol. The molecule has 2 aliphatic heterocycles. The van der Waals surface area contributed by atoms with E-state index in [-0.39, 0.29) is 0 Å². The normalized spacial score (nSPS) is 24.8. The third kappa shape index (κ3) is 3.27. The molecule has 6 nitrogen and oxygen atoms in total. The van der Waals surface area contributed by atoms with Crippen LogP contribution in [0.1, 0.15) is 39.7 Å². The highest BCUT2D eigenvalue weighted by atomic mass is 16.7.